The summed E-state index contributed by atoms with van der Waals surface area (Å²) in [5, 5.41) is 12.5. The Morgan fingerprint density at radius 1 is 1.29 bits per heavy atom. The molecule has 1 aliphatic rings. The van der Waals surface area contributed by atoms with Gasteiger partial charge in [-0.25, -0.2) is 9.78 Å². The van der Waals surface area contributed by atoms with E-state index in [1.807, 2.05) is 18.2 Å². The van der Waals surface area contributed by atoms with Crippen molar-refractivity contribution in [1.82, 2.24) is 14.7 Å². The first kappa shape index (κ1) is 16.5. The van der Waals surface area contributed by atoms with Gasteiger partial charge in [-0.3, -0.25) is 9.20 Å². The van der Waals surface area contributed by atoms with E-state index < -0.39 is 17.4 Å². The highest BCUT2D eigenvalue weighted by Crippen LogP contribution is 2.28. The Morgan fingerprint density at radius 3 is 2.75 bits per heavy atom. The number of carboxylic acid groups (broad SMARTS) is 1. The molecule has 1 saturated carbocycles. The number of fused-ring (bicyclic) bond motifs is 1. The number of rotatable bonds is 4. The molecule has 0 atom stereocenters. The van der Waals surface area contributed by atoms with Gasteiger partial charge in [0.2, 0.25) is 5.91 Å². The Balaban J connectivity index is 1.79. The van der Waals surface area contributed by atoms with Crippen LogP contribution in [0.4, 0.5) is 0 Å². The molecule has 1 amide bonds. The molecule has 2 heterocycles. The van der Waals surface area contributed by atoms with Gasteiger partial charge in [-0.15, -0.1) is 0 Å². The van der Waals surface area contributed by atoms with E-state index >= 15 is 0 Å². The summed E-state index contributed by atoms with van der Waals surface area (Å²) in [4.78, 5) is 28.0. The summed E-state index contributed by atoms with van der Waals surface area (Å²) in [5.74, 6) is -1.42. The maximum absolute atomic E-state index is 12.2. The molecular weight excluding hydrogens is 330 g/mol. The summed E-state index contributed by atoms with van der Waals surface area (Å²) in [5.41, 5.74) is 0.0930. The highest BCUT2D eigenvalue weighted by atomic mass is 35.5. The van der Waals surface area contributed by atoms with Gasteiger partial charge in [-0.2, -0.15) is 0 Å². The monoisotopic (exact) mass is 347 g/mol. The molecule has 3 rings (SSSR count). The lowest BCUT2D eigenvalue weighted by Gasteiger charge is -2.33. The van der Waals surface area contributed by atoms with Crippen LogP contribution in [0.2, 0.25) is 5.15 Å². The van der Waals surface area contributed by atoms with E-state index in [2.05, 4.69) is 10.3 Å². The minimum Gasteiger partial charge on any atom is -0.480 e. The Kier molecular flexibility index (Phi) is 4.57. The zero-order valence-corrected chi connectivity index (χ0v) is 13.8. The van der Waals surface area contributed by atoms with Crippen molar-refractivity contribution < 1.29 is 14.7 Å². The van der Waals surface area contributed by atoms with Crippen molar-refractivity contribution in [3.63, 3.8) is 0 Å². The molecule has 0 saturated heterocycles. The Labute approximate surface area is 144 Å². The second-order valence-electron chi connectivity index (χ2n) is 5.99. The van der Waals surface area contributed by atoms with Crippen LogP contribution in [0.3, 0.4) is 0 Å². The van der Waals surface area contributed by atoms with Gasteiger partial charge in [-0.1, -0.05) is 36.9 Å². The number of carbonyl (C=O) groups is 2. The SMILES string of the molecule is O=C(/C=C\c1c(Cl)nc2ccccn12)NC1(C(=O)O)CCCCC1. The predicted molar refractivity (Wildman–Crippen MR) is 90.8 cm³/mol. The number of hydrogen-bond acceptors (Lipinski definition) is 3. The Morgan fingerprint density at radius 2 is 2.04 bits per heavy atom. The van der Waals surface area contributed by atoms with Gasteiger partial charge < -0.3 is 10.4 Å². The predicted octanol–water partition coefficient (Wildman–Crippen LogP) is 2.90. The van der Waals surface area contributed by atoms with Crippen LogP contribution >= 0.6 is 11.6 Å². The van der Waals surface area contributed by atoms with Gasteiger partial charge in [0.15, 0.2) is 5.15 Å². The summed E-state index contributed by atoms with van der Waals surface area (Å²) < 4.78 is 1.76. The lowest BCUT2D eigenvalue weighted by Crippen LogP contribution is -2.55. The summed E-state index contributed by atoms with van der Waals surface area (Å²) >= 11 is 6.11. The average molecular weight is 348 g/mol. The fourth-order valence-electron chi connectivity index (χ4n) is 3.11. The number of amides is 1. The van der Waals surface area contributed by atoms with Gasteiger partial charge in [0.25, 0.3) is 0 Å². The number of carboxylic acids is 1. The van der Waals surface area contributed by atoms with Gasteiger partial charge in [-0.05, 0) is 31.1 Å². The number of carbonyl (C=O) groups excluding carboxylic acids is 1. The molecular formula is C17H18ClN3O3. The van der Waals surface area contributed by atoms with Crippen LogP contribution in [0.15, 0.2) is 30.5 Å². The first-order valence-electron chi connectivity index (χ1n) is 7.88. The number of halogens is 1. The standard InChI is InChI=1S/C17H18ClN3O3/c18-15-12(21-11-5-2-6-13(21)19-15)7-8-14(22)20-17(16(23)24)9-3-1-4-10-17/h2,5-8,11H,1,3-4,9-10H2,(H,20,22)(H,23,24)/b8-7-. The minimum atomic E-state index is -1.16. The number of nitrogens with zero attached hydrogens (tertiary/aromatic N) is 2. The van der Waals surface area contributed by atoms with Crippen molar-refractivity contribution in [2.75, 3.05) is 0 Å². The number of hydrogen-bond donors (Lipinski definition) is 2. The van der Waals surface area contributed by atoms with Crippen LogP contribution in [-0.4, -0.2) is 31.9 Å². The smallest absolute Gasteiger partial charge is 0.329 e. The molecule has 2 N–H and O–H groups in total. The van der Waals surface area contributed by atoms with Crippen molar-refractivity contribution >= 4 is 35.2 Å². The molecule has 0 unspecified atom stereocenters. The number of nitrogens with one attached hydrogen (secondary N) is 1. The Hall–Kier alpha value is -2.34. The Bertz CT molecular complexity index is 807. The van der Waals surface area contributed by atoms with E-state index in [9.17, 15) is 14.7 Å². The molecule has 7 heteroatoms. The van der Waals surface area contributed by atoms with Crippen LogP contribution in [-0.2, 0) is 9.59 Å². The molecule has 1 aliphatic carbocycles. The highest BCUT2D eigenvalue weighted by molar-refractivity contribution is 6.31. The lowest BCUT2D eigenvalue weighted by molar-refractivity contribution is -0.148. The molecule has 0 aliphatic heterocycles. The second kappa shape index (κ2) is 6.65. The topological polar surface area (TPSA) is 83.7 Å². The van der Waals surface area contributed by atoms with E-state index in [0.717, 1.165) is 19.3 Å². The highest BCUT2D eigenvalue weighted by Gasteiger charge is 2.40. The van der Waals surface area contributed by atoms with Crippen molar-refractivity contribution in [3.8, 4) is 0 Å². The third-order valence-corrected chi connectivity index (χ3v) is 4.67. The molecule has 6 nitrogen and oxygen atoms in total. The molecule has 0 aromatic carbocycles. The van der Waals surface area contributed by atoms with Crippen LogP contribution in [0, 0.1) is 0 Å². The van der Waals surface area contributed by atoms with Crippen LogP contribution in [0.5, 0.6) is 0 Å². The van der Waals surface area contributed by atoms with Gasteiger partial charge in [0.1, 0.15) is 11.2 Å². The molecule has 2 aromatic rings. The van der Waals surface area contributed by atoms with E-state index in [4.69, 9.17) is 11.6 Å². The minimum absolute atomic E-state index is 0.288. The maximum atomic E-state index is 12.2. The number of imidazole rings is 1. The second-order valence-corrected chi connectivity index (χ2v) is 6.35. The van der Waals surface area contributed by atoms with Crippen LogP contribution in [0.25, 0.3) is 11.7 Å². The molecule has 126 valence electrons. The quantitative estimate of drug-likeness (QED) is 0.833. The number of aromatic nitrogens is 2. The lowest BCUT2D eigenvalue weighted by atomic mass is 9.81. The maximum Gasteiger partial charge on any atom is 0.329 e. The summed E-state index contributed by atoms with van der Waals surface area (Å²) in [7, 11) is 0. The third-order valence-electron chi connectivity index (χ3n) is 4.39. The van der Waals surface area contributed by atoms with Gasteiger partial charge in [0.05, 0.1) is 5.69 Å². The largest absolute Gasteiger partial charge is 0.480 e. The van der Waals surface area contributed by atoms with Crippen molar-refractivity contribution in [2.45, 2.75) is 37.6 Å². The molecule has 24 heavy (non-hydrogen) atoms. The van der Waals surface area contributed by atoms with Gasteiger partial charge in [0, 0.05) is 12.3 Å². The average Bonchev–Trinajstić information content (AvgIpc) is 2.89. The fourth-order valence-corrected chi connectivity index (χ4v) is 3.36. The van der Waals surface area contributed by atoms with E-state index in [-0.39, 0.29) is 5.15 Å². The number of aliphatic carboxylic acids is 1. The zero-order chi connectivity index (χ0) is 17.2. The van der Waals surface area contributed by atoms with Crippen molar-refractivity contribution in [2.24, 2.45) is 0 Å². The first-order valence-corrected chi connectivity index (χ1v) is 8.26. The van der Waals surface area contributed by atoms with Gasteiger partial charge >= 0.3 is 5.97 Å². The third kappa shape index (κ3) is 3.14. The van der Waals surface area contributed by atoms with E-state index in [1.54, 1.807) is 16.7 Å². The summed E-state index contributed by atoms with van der Waals surface area (Å²) in [6, 6.07) is 5.49. The first-order chi connectivity index (χ1) is 11.5. The number of pyridine rings is 1. The van der Waals surface area contributed by atoms with Crippen molar-refractivity contribution in [1.29, 1.82) is 0 Å². The summed E-state index contributed by atoms with van der Waals surface area (Å²) in [6.07, 6.45) is 8.17. The molecule has 1 fully saturated rings. The molecule has 0 bridgehead atoms. The summed E-state index contributed by atoms with van der Waals surface area (Å²) in [6.45, 7) is 0. The molecule has 2 aromatic heterocycles. The zero-order valence-electron chi connectivity index (χ0n) is 13.0. The van der Waals surface area contributed by atoms with Crippen LogP contribution in [0.1, 0.15) is 37.8 Å². The fraction of sp³-hybridized carbons (Fsp3) is 0.353. The van der Waals surface area contributed by atoms with E-state index in [1.165, 1.54) is 6.08 Å². The molecule has 0 radical (unpaired) electrons. The normalized spacial score (nSPS) is 17.2. The van der Waals surface area contributed by atoms with Crippen molar-refractivity contribution in [3.05, 3.63) is 41.3 Å². The molecule has 0 spiro atoms. The van der Waals surface area contributed by atoms with E-state index in [0.29, 0.717) is 24.2 Å². The van der Waals surface area contributed by atoms with Crippen LogP contribution < -0.4 is 5.32 Å².